The van der Waals surface area contributed by atoms with Crippen LogP contribution in [-0.4, -0.2) is 37.3 Å². The van der Waals surface area contributed by atoms with Crippen molar-refractivity contribution in [1.29, 1.82) is 0 Å². The number of hydrogen-bond donors (Lipinski definition) is 0. The minimum absolute atomic E-state index is 0.166. The van der Waals surface area contributed by atoms with Gasteiger partial charge in [-0.15, -0.1) is 11.6 Å². The lowest BCUT2D eigenvalue weighted by Gasteiger charge is -2.26. The summed E-state index contributed by atoms with van der Waals surface area (Å²) in [5, 5.41) is 0.583. The number of nitrogens with zero attached hydrogens (tertiary/aromatic N) is 1. The number of ether oxygens (including phenoxy) is 1. The third-order valence-corrected chi connectivity index (χ3v) is 6.56. The summed E-state index contributed by atoms with van der Waals surface area (Å²) in [7, 11) is -3.83. The van der Waals surface area contributed by atoms with Gasteiger partial charge in [0, 0.05) is 23.1 Å². The van der Waals surface area contributed by atoms with Crippen LogP contribution in [0.2, 0.25) is 0 Å². The highest BCUT2D eigenvalue weighted by molar-refractivity contribution is 7.90. The van der Waals surface area contributed by atoms with Gasteiger partial charge in [-0.05, 0) is 23.8 Å². The fourth-order valence-electron chi connectivity index (χ4n) is 3.10. The van der Waals surface area contributed by atoms with E-state index in [2.05, 4.69) is 0 Å². The Kier molecular flexibility index (Phi) is 4.34. The zero-order valence-electron chi connectivity index (χ0n) is 13.8. The van der Waals surface area contributed by atoms with Crippen LogP contribution in [0.3, 0.4) is 0 Å². The summed E-state index contributed by atoms with van der Waals surface area (Å²) < 4.78 is 32.7. The quantitative estimate of drug-likeness (QED) is 0.495. The molecule has 0 N–H and O–H groups in total. The minimum Gasteiger partial charge on any atom is -0.380 e. The Morgan fingerprint density at radius 2 is 1.88 bits per heavy atom. The Hall–Kier alpha value is -2.15. The van der Waals surface area contributed by atoms with E-state index in [4.69, 9.17) is 16.3 Å². The summed E-state index contributed by atoms with van der Waals surface area (Å²) in [5.41, 5.74) is 1.79. The molecule has 2 heterocycles. The molecule has 2 aromatic carbocycles. The number of alkyl halides is 1. The molecule has 0 spiro atoms. The van der Waals surface area contributed by atoms with Gasteiger partial charge in [0.05, 0.1) is 29.5 Å². The van der Waals surface area contributed by atoms with Gasteiger partial charge in [0.2, 0.25) is 0 Å². The Balaban J connectivity index is 1.96. The zero-order chi connectivity index (χ0) is 18.3. The predicted molar refractivity (Wildman–Crippen MR) is 99.6 cm³/mol. The molecule has 7 heteroatoms. The van der Waals surface area contributed by atoms with Crippen molar-refractivity contribution >= 4 is 38.3 Å². The normalized spacial score (nSPS) is 15.1. The fourth-order valence-corrected chi connectivity index (χ4v) is 4.62. The van der Waals surface area contributed by atoms with Crippen molar-refractivity contribution in [3.63, 3.8) is 0 Å². The smallest absolute Gasteiger partial charge is 0.268 e. The van der Waals surface area contributed by atoms with Crippen LogP contribution < -0.4 is 0 Å². The average molecular weight is 390 g/mol. The van der Waals surface area contributed by atoms with Gasteiger partial charge in [0.1, 0.15) is 0 Å². The van der Waals surface area contributed by atoms with E-state index in [1.54, 1.807) is 24.3 Å². The number of aromatic nitrogens is 1. The van der Waals surface area contributed by atoms with E-state index in [0.29, 0.717) is 29.7 Å². The highest BCUT2D eigenvalue weighted by Crippen LogP contribution is 2.31. The summed E-state index contributed by atoms with van der Waals surface area (Å²) in [6.07, 6.45) is 1.37. The van der Waals surface area contributed by atoms with E-state index >= 15 is 0 Å². The fraction of sp³-hybridized carbons (Fsp3) is 0.211. The molecule has 0 bridgehead atoms. The lowest BCUT2D eigenvalue weighted by atomic mass is 9.96. The second kappa shape index (κ2) is 6.54. The van der Waals surface area contributed by atoms with Gasteiger partial charge in [-0.25, -0.2) is 12.4 Å². The van der Waals surface area contributed by atoms with Crippen LogP contribution >= 0.6 is 11.6 Å². The van der Waals surface area contributed by atoms with Crippen LogP contribution in [0, 0.1) is 0 Å². The molecule has 0 atom stereocenters. The Labute approximate surface area is 156 Å². The first-order valence-corrected chi connectivity index (χ1v) is 10.1. The number of rotatable bonds is 5. The topological polar surface area (TPSA) is 65.4 Å². The molecule has 0 unspecified atom stereocenters. The van der Waals surface area contributed by atoms with Crippen molar-refractivity contribution in [2.24, 2.45) is 0 Å². The Morgan fingerprint density at radius 1 is 1.15 bits per heavy atom. The Bertz CT molecular complexity index is 1090. The van der Waals surface area contributed by atoms with Crippen molar-refractivity contribution in [2.75, 3.05) is 19.1 Å². The third kappa shape index (κ3) is 2.74. The van der Waals surface area contributed by atoms with Crippen LogP contribution in [0.1, 0.15) is 21.8 Å². The first-order chi connectivity index (χ1) is 12.5. The molecular formula is C19H16ClNO4S. The van der Waals surface area contributed by atoms with Gasteiger partial charge in [-0.3, -0.25) is 4.79 Å². The summed E-state index contributed by atoms with van der Waals surface area (Å²) >= 11 is 5.72. The minimum atomic E-state index is -3.83. The molecule has 1 aliphatic rings. The largest absolute Gasteiger partial charge is 0.380 e. The van der Waals surface area contributed by atoms with Gasteiger partial charge in [-0.2, -0.15) is 0 Å². The third-order valence-electron chi connectivity index (χ3n) is 4.63. The number of fused-ring (bicyclic) bond motifs is 1. The molecule has 26 heavy (non-hydrogen) atoms. The summed E-state index contributed by atoms with van der Waals surface area (Å²) in [6.45, 7) is 1.23. The zero-order valence-corrected chi connectivity index (χ0v) is 15.3. The van der Waals surface area contributed by atoms with Crippen LogP contribution in [0.15, 0.2) is 59.6 Å². The van der Waals surface area contributed by atoms with Crippen LogP contribution in [-0.2, 0) is 14.8 Å². The number of carbonyl (C=O) groups excluding carboxylic acids is 1. The highest BCUT2D eigenvalue weighted by Gasteiger charge is 2.26. The number of hydrogen-bond acceptors (Lipinski definition) is 4. The summed E-state index contributed by atoms with van der Waals surface area (Å²) in [5.74, 6) is -0.268. The van der Waals surface area contributed by atoms with Crippen LogP contribution in [0.4, 0.5) is 0 Å². The van der Waals surface area contributed by atoms with Crippen molar-refractivity contribution < 1.29 is 17.9 Å². The molecule has 1 fully saturated rings. The molecule has 5 nitrogen and oxygen atoms in total. The SMILES string of the molecule is O=C(CCl)c1cn(S(=O)(=O)c2ccccc2)c2cc(C3COC3)ccc12. The van der Waals surface area contributed by atoms with Crippen molar-refractivity contribution in [1.82, 2.24) is 3.97 Å². The van der Waals surface area contributed by atoms with Gasteiger partial charge < -0.3 is 4.74 Å². The molecule has 0 amide bonds. The molecule has 4 rings (SSSR count). The molecule has 1 aliphatic heterocycles. The standard InChI is InChI=1S/C19H16ClNO4S/c20-9-19(22)17-10-21(26(23,24)15-4-2-1-3-5-15)18-8-13(6-7-16(17)18)14-11-25-12-14/h1-8,10,14H,9,11-12H2. The number of halogens is 1. The van der Waals surface area contributed by atoms with Gasteiger partial charge in [0.15, 0.2) is 5.78 Å². The molecular weight excluding hydrogens is 374 g/mol. The Morgan fingerprint density at radius 3 is 2.50 bits per heavy atom. The second-order valence-corrected chi connectivity index (χ2v) is 8.31. The van der Waals surface area contributed by atoms with Gasteiger partial charge >= 0.3 is 0 Å². The lowest BCUT2D eigenvalue weighted by molar-refractivity contribution is 0.00847. The number of ketones is 1. The average Bonchev–Trinajstić information content (AvgIpc) is 3.00. The predicted octanol–water partition coefficient (Wildman–Crippen LogP) is 3.41. The monoisotopic (exact) mass is 389 g/mol. The maximum atomic E-state index is 13.1. The van der Waals surface area contributed by atoms with E-state index in [-0.39, 0.29) is 22.5 Å². The first kappa shape index (κ1) is 17.3. The van der Waals surface area contributed by atoms with Gasteiger partial charge in [0.25, 0.3) is 10.0 Å². The van der Waals surface area contributed by atoms with E-state index in [9.17, 15) is 13.2 Å². The molecule has 0 radical (unpaired) electrons. The second-order valence-electron chi connectivity index (χ2n) is 6.22. The van der Waals surface area contributed by atoms with Crippen LogP contribution in [0.25, 0.3) is 10.9 Å². The van der Waals surface area contributed by atoms with Crippen molar-refractivity contribution in [2.45, 2.75) is 10.8 Å². The molecule has 1 saturated heterocycles. The van der Waals surface area contributed by atoms with E-state index in [0.717, 1.165) is 5.56 Å². The van der Waals surface area contributed by atoms with Crippen LogP contribution in [0.5, 0.6) is 0 Å². The first-order valence-electron chi connectivity index (χ1n) is 8.15. The summed E-state index contributed by atoms with van der Waals surface area (Å²) in [6, 6.07) is 13.7. The molecule has 1 aromatic heterocycles. The number of carbonyl (C=O) groups is 1. The van der Waals surface area contributed by atoms with E-state index < -0.39 is 10.0 Å². The maximum absolute atomic E-state index is 13.1. The van der Waals surface area contributed by atoms with Crippen molar-refractivity contribution in [3.8, 4) is 0 Å². The summed E-state index contributed by atoms with van der Waals surface area (Å²) in [4.78, 5) is 12.4. The van der Waals surface area contributed by atoms with Crippen molar-refractivity contribution in [3.05, 3.63) is 65.9 Å². The molecule has 0 saturated carbocycles. The van der Waals surface area contributed by atoms with E-state index in [1.165, 1.54) is 22.3 Å². The maximum Gasteiger partial charge on any atom is 0.268 e. The van der Waals surface area contributed by atoms with E-state index in [1.807, 2.05) is 12.1 Å². The number of Topliss-reactive ketones (excluding diaryl/α,β-unsaturated/α-hetero) is 1. The molecule has 134 valence electrons. The van der Waals surface area contributed by atoms with Gasteiger partial charge in [-0.1, -0.05) is 30.3 Å². The highest BCUT2D eigenvalue weighted by atomic mass is 35.5. The lowest BCUT2D eigenvalue weighted by Crippen LogP contribution is -2.25. The number of benzene rings is 2. The molecule has 0 aliphatic carbocycles. The molecule has 3 aromatic rings.